The molecule has 2 bridgehead atoms. The highest BCUT2D eigenvalue weighted by Crippen LogP contribution is 2.34. The lowest BCUT2D eigenvalue weighted by Crippen LogP contribution is -2.43. The molecule has 0 unspecified atom stereocenters. The molecule has 3 heterocycles. The number of rotatable bonds is 4. The summed E-state index contributed by atoms with van der Waals surface area (Å²) >= 11 is 1.20. The smallest absolute Gasteiger partial charge is 0.225 e. The first-order chi connectivity index (χ1) is 9.99. The highest BCUT2D eigenvalue weighted by atomic mass is 32.2. The number of hydrogen-bond acceptors (Lipinski definition) is 6. The van der Waals surface area contributed by atoms with Gasteiger partial charge in [-0.1, -0.05) is 0 Å². The third-order valence-corrected chi connectivity index (χ3v) is 7.18. The predicted octanol–water partition coefficient (Wildman–Crippen LogP) is 1.15. The maximum absolute atomic E-state index is 12.8. The summed E-state index contributed by atoms with van der Waals surface area (Å²) < 4.78 is 36.5. The topological polar surface area (TPSA) is 62.7 Å². The molecule has 2 aliphatic rings. The average Bonchev–Trinajstić information content (AvgIpc) is 2.97. The second-order valence-corrected chi connectivity index (χ2v) is 8.62. The van der Waals surface area contributed by atoms with Crippen LogP contribution < -0.4 is 4.74 Å². The van der Waals surface area contributed by atoms with Gasteiger partial charge in [0.15, 0.2) is 0 Å². The van der Waals surface area contributed by atoms with Gasteiger partial charge in [-0.25, -0.2) is 8.42 Å². The van der Waals surface area contributed by atoms with Crippen LogP contribution in [-0.2, 0) is 15.8 Å². The normalized spacial score (nSPS) is 27.7. The van der Waals surface area contributed by atoms with Crippen molar-refractivity contribution in [3.63, 3.8) is 0 Å². The van der Waals surface area contributed by atoms with Gasteiger partial charge in [0.2, 0.25) is 15.9 Å². The van der Waals surface area contributed by atoms with Gasteiger partial charge >= 0.3 is 0 Å². The number of ether oxygens (including phenoxy) is 1. The van der Waals surface area contributed by atoms with Gasteiger partial charge in [-0.15, -0.1) is 0 Å². The largest absolute Gasteiger partial charge is 0.480 e. The van der Waals surface area contributed by atoms with Gasteiger partial charge in [0.1, 0.15) is 5.75 Å². The molecule has 2 saturated heterocycles. The first-order valence-electron chi connectivity index (χ1n) is 7.19. The number of likely N-dealkylation sites (N-methyl/N-ethyl adjacent to an activating group) is 1. The molecule has 0 N–H and O–H groups in total. The second kappa shape index (κ2) is 5.83. The van der Waals surface area contributed by atoms with Gasteiger partial charge in [0.25, 0.3) is 0 Å². The van der Waals surface area contributed by atoms with Crippen molar-refractivity contribution in [1.82, 2.24) is 13.6 Å². The third kappa shape index (κ3) is 3.08. The van der Waals surface area contributed by atoms with Crippen molar-refractivity contribution >= 4 is 21.6 Å². The predicted molar refractivity (Wildman–Crippen MR) is 82.1 cm³/mol. The van der Waals surface area contributed by atoms with Crippen molar-refractivity contribution in [3.8, 4) is 5.88 Å². The summed E-state index contributed by atoms with van der Waals surface area (Å²) in [4.78, 5) is 2.98. The van der Waals surface area contributed by atoms with Crippen molar-refractivity contribution in [1.29, 1.82) is 0 Å². The van der Waals surface area contributed by atoms with Crippen LogP contribution in [0.5, 0.6) is 5.88 Å². The Morgan fingerprint density at radius 1 is 1.38 bits per heavy atom. The van der Waals surface area contributed by atoms with Crippen molar-refractivity contribution < 1.29 is 13.2 Å². The summed E-state index contributed by atoms with van der Waals surface area (Å²) in [5.74, 6) is 0.522. The van der Waals surface area contributed by atoms with Crippen LogP contribution in [0.15, 0.2) is 6.07 Å². The van der Waals surface area contributed by atoms with Crippen molar-refractivity contribution in [2.24, 2.45) is 0 Å². The van der Waals surface area contributed by atoms with Crippen molar-refractivity contribution in [3.05, 3.63) is 10.9 Å². The number of sulfonamides is 1. The zero-order valence-electron chi connectivity index (χ0n) is 12.4. The molecule has 6 nitrogen and oxygen atoms in total. The van der Waals surface area contributed by atoms with Gasteiger partial charge in [-0.2, -0.15) is 8.68 Å². The Bertz CT molecular complexity index is 602. The molecule has 0 aliphatic carbocycles. The van der Waals surface area contributed by atoms with Crippen LogP contribution in [0.25, 0.3) is 0 Å². The molecule has 2 atom stereocenters. The molecule has 2 fully saturated rings. The fourth-order valence-electron chi connectivity index (χ4n) is 3.37. The minimum atomic E-state index is -3.29. The van der Waals surface area contributed by atoms with E-state index in [4.69, 9.17) is 4.74 Å². The summed E-state index contributed by atoms with van der Waals surface area (Å²) in [6, 6.07) is 2.01. The molecule has 118 valence electrons. The Hall–Kier alpha value is -0.700. The SMILES string of the molecule is COc1cc(CS(=O)(=O)N2[C@@H]3CC[C@H]2CN(C)CC3)sn1. The maximum atomic E-state index is 12.8. The van der Waals surface area contributed by atoms with E-state index in [2.05, 4.69) is 16.3 Å². The molecule has 1 aromatic rings. The zero-order chi connectivity index (χ0) is 15.0. The van der Waals surface area contributed by atoms with E-state index >= 15 is 0 Å². The molecule has 2 aliphatic heterocycles. The number of aromatic nitrogens is 1. The monoisotopic (exact) mass is 331 g/mol. The van der Waals surface area contributed by atoms with E-state index in [0.29, 0.717) is 5.88 Å². The fraction of sp³-hybridized carbons (Fsp3) is 0.769. The van der Waals surface area contributed by atoms with Crippen LogP contribution in [0.3, 0.4) is 0 Å². The Balaban J connectivity index is 1.80. The Kier molecular flexibility index (Phi) is 4.22. The van der Waals surface area contributed by atoms with Crippen LogP contribution in [-0.4, -0.2) is 61.3 Å². The highest BCUT2D eigenvalue weighted by molar-refractivity contribution is 7.88. The fourth-order valence-corrected chi connectivity index (χ4v) is 6.40. The maximum Gasteiger partial charge on any atom is 0.225 e. The number of fused-ring (bicyclic) bond motifs is 2. The summed E-state index contributed by atoms with van der Waals surface area (Å²) in [6.45, 7) is 1.81. The minimum Gasteiger partial charge on any atom is -0.480 e. The van der Waals surface area contributed by atoms with E-state index in [1.54, 1.807) is 10.4 Å². The molecule has 0 saturated carbocycles. The summed E-state index contributed by atoms with van der Waals surface area (Å²) in [7, 11) is 0.316. The minimum absolute atomic E-state index is 0.0325. The summed E-state index contributed by atoms with van der Waals surface area (Å²) in [6.07, 6.45) is 2.89. The first kappa shape index (κ1) is 15.2. The number of hydrogen-bond donors (Lipinski definition) is 0. The highest BCUT2D eigenvalue weighted by Gasteiger charge is 2.43. The van der Waals surface area contributed by atoms with E-state index < -0.39 is 10.0 Å². The van der Waals surface area contributed by atoms with E-state index in [0.717, 1.165) is 37.2 Å². The van der Waals surface area contributed by atoms with E-state index in [-0.39, 0.29) is 17.8 Å². The lowest BCUT2D eigenvalue weighted by atomic mass is 10.1. The summed E-state index contributed by atoms with van der Waals surface area (Å²) in [5, 5.41) is 0. The van der Waals surface area contributed by atoms with Crippen molar-refractivity contribution in [2.45, 2.75) is 37.1 Å². The quantitative estimate of drug-likeness (QED) is 0.828. The molecule has 1 aromatic heterocycles. The standard InChI is InChI=1S/C13H21N3O3S2/c1-15-6-5-10-3-4-11(8-15)16(10)21(17,18)9-12-7-13(19-2)14-20-12/h7,10-11H,3-6,8-9H2,1-2H3/t10-,11+/m1/s1. The molecule has 3 rings (SSSR count). The summed E-state index contributed by atoms with van der Waals surface area (Å²) in [5.41, 5.74) is 0. The molecular formula is C13H21N3O3S2. The lowest BCUT2D eigenvalue weighted by Gasteiger charge is -2.27. The molecule has 0 spiro atoms. The van der Waals surface area contributed by atoms with Gasteiger partial charge < -0.3 is 9.64 Å². The van der Waals surface area contributed by atoms with Crippen LogP contribution in [0.2, 0.25) is 0 Å². The van der Waals surface area contributed by atoms with Gasteiger partial charge in [0, 0.05) is 29.6 Å². The molecule has 0 amide bonds. The molecule has 21 heavy (non-hydrogen) atoms. The van der Waals surface area contributed by atoms with Gasteiger partial charge in [-0.05, 0) is 44.4 Å². The van der Waals surface area contributed by atoms with E-state index in [9.17, 15) is 8.42 Å². The Labute approximate surface area is 129 Å². The Morgan fingerprint density at radius 2 is 2.14 bits per heavy atom. The number of methoxy groups -OCH3 is 1. The van der Waals surface area contributed by atoms with Crippen LogP contribution >= 0.6 is 11.5 Å². The van der Waals surface area contributed by atoms with E-state index in [1.807, 2.05) is 0 Å². The lowest BCUT2D eigenvalue weighted by molar-refractivity contribution is 0.289. The van der Waals surface area contributed by atoms with Crippen molar-refractivity contribution in [2.75, 3.05) is 27.2 Å². The van der Waals surface area contributed by atoms with Crippen LogP contribution in [0, 0.1) is 0 Å². The number of likely N-dealkylation sites (tertiary alicyclic amines) is 1. The first-order valence-corrected chi connectivity index (χ1v) is 9.57. The van der Waals surface area contributed by atoms with Crippen LogP contribution in [0.1, 0.15) is 24.1 Å². The van der Waals surface area contributed by atoms with E-state index in [1.165, 1.54) is 18.6 Å². The number of nitrogens with zero attached hydrogens (tertiary/aromatic N) is 3. The second-order valence-electron chi connectivity index (χ2n) is 5.86. The molecule has 0 aromatic carbocycles. The zero-order valence-corrected chi connectivity index (χ0v) is 14.0. The molecule has 8 heteroatoms. The Morgan fingerprint density at radius 3 is 2.86 bits per heavy atom. The average molecular weight is 331 g/mol. The van der Waals surface area contributed by atoms with Gasteiger partial charge in [-0.3, -0.25) is 0 Å². The van der Waals surface area contributed by atoms with Gasteiger partial charge in [0.05, 0.1) is 7.11 Å². The van der Waals surface area contributed by atoms with Crippen LogP contribution in [0.4, 0.5) is 0 Å². The molecular weight excluding hydrogens is 310 g/mol. The third-order valence-electron chi connectivity index (χ3n) is 4.31. The molecule has 0 radical (unpaired) electrons.